The van der Waals surface area contributed by atoms with Crippen molar-refractivity contribution in [3.05, 3.63) is 94.0 Å². The summed E-state index contributed by atoms with van der Waals surface area (Å²) in [5, 5.41) is 23.6. The molecule has 11 nitrogen and oxygen atoms in total. The van der Waals surface area contributed by atoms with Crippen LogP contribution >= 0.6 is 0 Å². The zero-order valence-electron chi connectivity index (χ0n) is 17.7. The number of nitro benzene ring substituents is 1. The number of non-ortho nitro benzene ring substituents is 1. The number of para-hydroxylation sites is 1. The van der Waals surface area contributed by atoms with Crippen molar-refractivity contribution in [3.8, 4) is 17.2 Å². The van der Waals surface area contributed by atoms with Crippen molar-refractivity contribution in [1.82, 2.24) is 10.2 Å². The van der Waals surface area contributed by atoms with Crippen LogP contribution in [-0.4, -0.2) is 34.0 Å². The number of amides is 2. The van der Waals surface area contributed by atoms with Crippen molar-refractivity contribution in [3.63, 3.8) is 0 Å². The van der Waals surface area contributed by atoms with Gasteiger partial charge in [0.25, 0.3) is 17.5 Å². The van der Waals surface area contributed by atoms with Gasteiger partial charge in [0.2, 0.25) is 5.89 Å². The maximum absolute atomic E-state index is 12.8. The van der Waals surface area contributed by atoms with E-state index in [1.54, 1.807) is 42.5 Å². The number of hydrogen-bond donors (Lipinski definition) is 2. The van der Waals surface area contributed by atoms with E-state index in [4.69, 9.17) is 9.15 Å². The molecule has 0 spiro atoms. The molecule has 34 heavy (non-hydrogen) atoms. The molecule has 170 valence electrons. The Morgan fingerprint density at radius 1 is 0.912 bits per heavy atom. The minimum absolute atomic E-state index is 0.0753. The van der Waals surface area contributed by atoms with E-state index in [9.17, 15) is 19.7 Å². The second kappa shape index (κ2) is 9.61. The third-order valence-corrected chi connectivity index (χ3v) is 4.74. The highest BCUT2D eigenvalue weighted by Gasteiger charge is 2.18. The number of nitrogens with zero attached hydrogens (tertiary/aromatic N) is 3. The van der Waals surface area contributed by atoms with Crippen molar-refractivity contribution < 1.29 is 23.7 Å². The fourth-order valence-electron chi connectivity index (χ4n) is 3.01. The molecule has 1 heterocycles. The Morgan fingerprint density at radius 3 is 2.29 bits per heavy atom. The van der Waals surface area contributed by atoms with E-state index < -0.39 is 16.7 Å². The molecular formula is C23H17N5O6. The van der Waals surface area contributed by atoms with Crippen molar-refractivity contribution in [1.29, 1.82) is 0 Å². The van der Waals surface area contributed by atoms with Crippen LogP contribution in [0.15, 0.2) is 77.2 Å². The zero-order valence-corrected chi connectivity index (χ0v) is 17.7. The van der Waals surface area contributed by atoms with Crippen LogP contribution in [-0.2, 0) is 0 Å². The highest BCUT2D eigenvalue weighted by Crippen LogP contribution is 2.24. The molecule has 4 aromatic rings. The summed E-state index contributed by atoms with van der Waals surface area (Å²) in [6.45, 7) is 0. The molecule has 0 aliphatic carbocycles. The molecule has 2 amide bonds. The Hall–Kier alpha value is -5.06. The van der Waals surface area contributed by atoms with Gasteiger partial charge in [-0.1, -0.05) is 17.2 Å². The lowest BCUT2D eigenvalue weighted by Crippen LogP contribution is -2.18. The molecule has 3 aromatic carbocycles. The smallest absolute Gasteiger partial charge is 0.322 e. The van der Waals surface area contributed by atoms with Gasteiger partial charge in [0, 0.05) is 23.3 Å². The van der Waals surface area contributed by atoms with Crippen LogP contribution in [0.5, 0.6) is 5.75 Å². The number of anilines is 2. The Labute approximate surface area is 192 Å². The molecule has 0 aliphatic rings. The normalized spacial score (nSPS) is 10.4. The van der Waals surface area contributed by atoms with E-state index in [0.717, 1.165) is 0 Å². The first-order valence-corrected chi connectivity index (χ1v) is 9.88. The molecule has 0 unspecified atom stereocenters. The Kier molecular flexibility index (Phi) is 6.26. The van der Waals surface area contributed by atoms with Gasteiger partial charge in [0.1, 0.15) is 5.75 Å². The third-order valence-electron chi connectivity index (χ3n) is 4.74. The monoisotopic (exact) mass is 459 g/mol. The number of methoxy groups -OCH3 is 1. The average Bonchev–Trinajstić information content (AvgIpc) is 3.32. The summed E-state index contributed by atoms with van der Waals surface area (Å²) in [6, 6.07) is 18.3. The summed E-state index contributed by atoms with van der Waals surface area (Å²) in [5.74, 6) is -0.291. The molecule has 0 atom stereocenters. The average molecular weight is 459 g/mol. The number of carbonyl (C=O) groups is 2. The van der Waals surface area contributed by atoms with Gasteiger partial charge in [-0.15, -0.1) is 5.10 Å². The van der Waals surface area contributed by atoms with Crippen LogP contribution in [0.3, 0.4) is 0 Å². The van der Waals surface area contributed by atoms with Crippen LogP contribution in [0, 0.1) is 10.1 Å². The first-order valence-electron chi connectivity index (χ1n) is 9.88. The van der Waals surface area contributed by atoms with E-state index in [2.05, 4.69) is 20.8 Å². The van der Waals surface area contributed by atoms with Crippen LogP contribution < -0.4 is 15.4 Å². The molecule has 2 N–H and O–H groups in total. The second-order valence-corrected chi connectivity index (χ2v) is 6.90. The van der Waals surface area contributed by atoms with Crippen LogP contribution in [0.2, 0.25) is 0 Å². The number of carbonyl (C=O) groups excluding carboxylic acids is 2. The second-order valence-electron chi connectivity index (χ2n) is 6.90. The highest BCUT2D eigenvalue weighted by atomic mass is 16.6. The van der Waals surface area contributed by atoms with Gasteiger partial charge in [-0.3, -0.25) is 25.0 Å². The van der Waals surface area contributed by atoms with Gasteiger partial charge in [-0.05, 0) is 48.5 Å². The molecule has 1 aromatic heterocycles. The molecule has 0 saturated carbocycles. The summed E-state index contributed by atoms with van der Waals surface area (Å²) in [4.78, 5) is 35.7. The predicted molar refractivity (Wildman–Crippen MR) is 122 cm³/mol. The highest BCUT2D eigenvalue weighted by molar-refractivity contribution is 6.12. The maximum Gasteiger partial charge on any atom is 0.322 e. The van der Waals surface area contributed by atoms with E-state index in [-0.39, 0.29) is 28.8 Å². The van der Waals surface area contributed by atoms with E-state index in [0.29, 0.717) is 16.9 Å². The Balaban J connectivity index is 1.48. The minimum atomic E-state index is -0.579. The van der Waals surface area contributed by atoms with Gasteiger partial charge in [-0.25, -0.2) is 0 Å². The molecule has 4 rings (SSSR count). The van der Waals surface area contributed by atoms with Gasteiger partial charge in [-0.2, -0.15) is 0 Å². The number of nitro groups is 1. The molecule has 0 bridgehead atoms. The lowest BCUT2D eigenvalue weighted by Gasteiger charge is -2.10. The van der Waals surface area contributed by atoms with Crippen molar-refractivity contribution in [2.75, 3.05) is 17.7 Å². The predicted octanol–water partition coefficient (Wildman–Crippen LogP) is 4.16. The van der Waals surface area contributed by atoms with Crippen molar-refractivity contribution in [2.24, 2.45) is 0 Å². The number of rotatable bonds is 7. The zero-order chi connectivity index (χ0) is 24.1. The molecule has 0 radical (unpaired) electrons. The van der Waals surface area contributed by atoms with E-state index >= 15 is 0 Å². The molecular weight excluding hydrogens is 442 g/mol. The Morgan fingerprint density at radius 2 is 1.62 bits per heavy atom. The first-order chi connectivity index (χ1) is 16.4. The quantitative estimate of drug-likeness (QED) is 0.309. The third kappa shape index (κ3) is 4.88. The van der Waals surface area contributed by atoms with Crippen LogP contribution in [0.1, 0.15) is 20.7 Å². The standard InChI is InChI=1S/C23H17N5O6/c1-33-17-12-8-14(9-13-17)20(29)24-19-5-3-2-4-18(19)21(30)25-23-27-26-22(34-23)15-6-10-16(11-7-15)28(31)32/h2-13H,1H3,(H,24,29)(H,25,27,30). The topological polar surface area (TPSA) is 149 Å². The summed E-state index contributed by atoms with van der Waals surface area (Å²) < 4.78 is 10.5. The number of ether oxygens (including phenoxy) is 1. The minimum Gasteiger partial charge on any atom is -0.497 e. The number of aromatic nitrogens is 2. The van der Waals surface area contributed by atoms with E-state index in [1.165, 1.54) is 37.4 Å². The Bertz CT molecular complexity index is 1350. The summed E-state index contributed by atoms with van der Waals surface area (Å²) >= 11 is 0. The van der Waals surface area contributed by atoms with Gasteiger partial charge < -0.3 is 14.5 Å². The molecule has 0 fully saturated rings. The van der Waals surface area contributed by atoms with Gasteiger partial charge in [0.15, 0.2) is 0 Å². The summed E-state index contributed by atoms with van der Waals surface area (Å²) in [6.07, 6.45) is 0. The lowest BCUT2D eigenvalue weighted by molar-refractivity contribution is -0.384. The van der Waals surface area contributed by atoms with Crippen LogP contribution in [0.25, 0.3) is 11.5 Å². The summed E-state index contributed by atoms with van der Waals surface area (Å²) in [5.41, 5.74) is 1.23. The van der Waals surface area contributed by atoms with Crippen molar-refractivity contribution in [2.45, 2.75) is 0 Å². The maximum atomic E-state index is 12.8. The first kappa shape index (κ1) is 22.1. The number of benzene rings is 3. The molecule has 11 heteroatoms. The fraction of sp³-hybridized carbons (Fsp3) is 0.0435. The van der Waals surface area contributed by atoms with Crippen LogP contribution in [0.4, 0.5) is 17.4 Å². The molecule has 0 saturated heterocycles. The largest absolute Gasteiger partial charge is 0.497 e. The van der Waals surface area contributed by atoms with Gasteiger partial charge >= 0.3 is 6.01 Å². The number of hydrogen-bond acceptors (Lipinski definition) is 8. The van der Waals surface area contributed by atoms with Crippen molar-refractivity contribution >= 4 is 29.2 Å². The lowest BCUT2D eigenvalue weighted by atomic mass is 10.1. The fourth-order valence-corrected chi connectivity index (χ4v) is 3.01. The molecule has 0 aliphatic heterocycles. The van der Waals surface area contributed by atoms with Gasteiger partial charge in [0.05, 0.1) is 23.3 Å². The summed E-state index contributed by atoms with van der Waals surface area (Å²) in [7, 11) is 1.53. The van der Waals surface area contributed by atoms with E-state index in [1.807, 2.05) is 0 Å². The SMILES string of the molecule is COc1ccc(C(=O)Nc2ccccc2C(=O)Nc2nnc(-c3ccc([N+](=O)[O-])cc3)o2)cc1. The number of nitrogens with one attached hydrogen (secondary N) is 2.